The third-order valence-corrected chi connectivity index (χ3v) is 6.34. The molecule has 2 N–H and O–H groups in total. The lowest BCUT2D eigenvalue weighted by Crippen LogP contribution is -2.52. The fourth-order valence-corrected chi connectivity index (χ4v) is 4.17. The highest BCUT2D eigenvalue weighted by Gasteiger charge is 2.32. The summed E-state index contributed by atoms with van der Waals surface area (Å²) in [6.07, 6.45) is 2.90. The van der Waals surface area contributed by atoms with Crippen molar-refractivity contribution in [1.82, 2.24) is 20.2 Å². The van der Waals surface area contributed by atoms with E-state index in [1.807, 2.05) is 0 Å². The molecule has 3 aromatic rings. The number of rotatable bonds is 7. The minimum Gasteiger partial charge on any atom is -0.493 e. The minimum atomic E-state index is -0.955. The van der Waals surface area contributed by atoms with Gasteiger partial charge in [0.1, 0.15) is 29.1 Å². The van der Waals surface area contributed by atoms with Gasteiger partial charge in [0, 0.05) is 24.9 Å². The second-order valence-corrected chi connectivity index (χ2v) is 8.68. The number of hydrogen-bond acceptors (Lipinski definition) is 8. The summed E-state index contributed by atoms with van der Waals surface area (Å²) in [6, 6.07) is 4.93. The summed E-state index contributed by atoms with van der Waals surface area (Å²) < 4.78 is 39.8. The zero-order valence-corrected chi connectivity index (χ0v) is 20.8. The van der Waals surface area contributed by atoms with E-state index < -0.39 is 28.6 Å². The number of amides is 2. The number of benzene rings is 2. The van der Waals surface area contributed by atoms with Crippen molar-refractivity contribution in [2.45, 2.75) is 25.0 Å². The molecule has 1 aliphatic rings. The Labute approximate surface area is 216 Å². The number of piperidine rings is 1. The van der Waals surface area contributed by atoms with Gasteiger partial charge in [0.2, 0.25) is 5.91 Å². The van der Waals surface area contributed by atoms with E-state index in [-0.39, 0.29) is 23.5 Å². The molecule has 2 amide bonds. The molecule has 1 fully saturated rings. The lowest BCUT2D eigenvalue weighted by atomic mass is 10.0. The number of ether oxygens (including phenoxy) is 2. The number of nitrogens with one attached hydrogen (secondary N) is 2. The highest BCUT2D eigenvalue weighted by molar-refractivity contribution is 6.31. The van der Waals surface area contributed by atoms with Crippen LogP contribution in [0.2, 0.25) is 5.02 Å². The standard InChI is InChI=1S/C25H24ClF2N5O4/c1-4-21(34)33(2)25(35)18-9-13(7-8-29-18)37-20-10-14-17(11-19(20)36-3)30-12-31-24(14)32-16-6-5-15(27)22(26)23(16)28/h4-6,10-13,18,29H,1,7-9H2,2-3H3,(H,30,31,32)/t13-,18-/m1/s1. The molecule has 9 nitrogen and oxygen atoms in total. The van der Waals surface area contributed by atoms with Crippen LogP contribution in [0.1, 0.15) is 12.8 Å². The van der Waals surface area contributed by atoms with E-state index in [0.717, 1.165) is 17.0 Å². The van der Waals surface area contributed by atoms with Crippen molar-refractivity contribution >= 4 is 45.8 Å². The molecule has 0 aliphatic carbocycles. The number of hydrogen-bond donors (Lipinski definition) is 2. The summed E-state index contributed by atoms with van der Waals surface area (Å²) in [5.41, 5.74) is 0.417. The Bertz CT molecular complexity index is 1370. The maximum absolute atomic E-state index is 14.5. The lowest BCUT2D eigenvalue weighted by molar-refractivity contribution is -0.142. The van der Waals surface area contributed by atoms with Gasteiger partial charge in [-0.25, -0.2) is 18.7 Å². The number of nitrogens with zero attached hydrogens (tertiary/aromatic N) is 3. The highest BCUT2D eigenvalue weighted by Crippen LogP contribution is 2.37. The molecular weight excluding hydrogens is 508 g/mol. The van der Waals surface area contributed by atoms with Crippen molar-refractivity contribution < 1.29 is 27.8 Å². The van der Waals surface area contributed by atoms with Crippen LogP contribution in [0.5, 0.6) is 11.5 Å². The van der Waals surface area contributed by atoms with E-state index in [1.165, 1.54) is 26.6 Å². The Morgan fingerprint density at radius 1 is 1.27 bits per heavy atom. The molecule has 0 saturated carbocycles. The maximum Gasteiger partial charge on any atom is 0.252 e. The Kier molecular flexibility index (Phi) is 7.84. The monoisotopic (exact) mass is 531 g/mol. The second-order valence-electron chi connectivity index (χ2n) is 8.30. The predicted octanol–water partition coefficient (Wildman–Crippen LogP) is 3.98. The molecule has 2 heterocycles. The van der Waals surface area contributed by atoms with Crippen LogP contribution in [0.4, 0.5) is 20.3 Å². The average molecular weight is 532 g/mol. The van der Waals surface area contributed by atoms with Crippen LogP contribution in [0.3, 0.4) is 0 Å². The van der Waals surface area contributed by atoms with Crippen LogP contribution in [-0.2, 0) is 9.59 Å². The highest BCUT2D eigenvalue weighted by atomic mass is 35.5. The van der Waals surface area contributed by atoms with Gasteiger partial charge in [0.05, 0.1) is 24.4 Å². The third-order valence-electron chi connectivity index (χ3n) is 5.99. The van der Waals surface area contributed by atoms with E-state index in [0.29, 0.717) is 41.8 Å². The van der Waals surface area contributed by atoms with Crippen molar-refractivity contribution in [3.63, 3.8) is 0 Å². The quantitative estimate of drug-likeness (QED) is 0.348. The van der Waals surface area contributed by atoms with Crippen molar-refractivity contribution in [1.29, 1.82) is 0 Å². The van der Waals surface area contributed by atoms with Crippen molar-refractivity contribution in [3.05, 3.63) is 59.9 Å². The predicted molar refractivity (Wildman–Crippen MR) is 134 cm³/mol. The number of anilines is 2. The van der Waals surface area contributed by atoms with Gasteiger partial charge in [0.15, 0.2) is 17.3 Å². The van der Waals surface area contributed by atoms with Crippen LogP contribution in [0, 0.1) is 11.6 Å². The van der Waals surface area contributed by atoms with E-state index in [4.69, 9.17) is 21.1 Å². The normalized spacial score (nSPS) is 17.2. The van der Waals surface area contributed by atoms with Crippen LogP contribution in [0.25, 0.3) is 10.9 Å². The molecule has 4 rings (SSSR count). The van der Waals surface area contributed by atoms with Crippen LogP contribution in [0.15, 0.2) is 43.2 Å². The molecular formula is C25H24ClF2N5O4. The summed E-state index contributed by atoms with van der Waals surface area (Å²) in [4.78, 5) is 34.0. The summed E-state index contributed by atoms with van der Waals surface area (Å²) in [6.45, 7) is 3.90. The van der Waals surface area contributed by atoms with Crippen molar-refractivity contribution in [2.75, 3.05) is 26.0 Å². The van der Waals surface area contributed by atoms with Crippen LogP contribution < -0.4 is 20.1 Å². The fourth-order valence-electron chi connectivity index (χ4n) is 4.00. The molecule has 0 bridgehead atoms. The third kappa shape index (κ3) is 5.47. The van der Waals surface area contributed by atoms with Gasteiger partial charge in [-0.15, -0.1) is 0 Å². The first-order valence-corrected chi connectivity index (χ1v) is 11.7. The first-order valence-electron chi connectivity index (χ1n) is 11.3. The maximum atomic E-state index is 14.5. The van der Waals surface area contributed by atoms with Crippen LogP contribution in [-0.4, -0.2) is 59.5 Å². The minimum absolute atomic E-state index is 0.0670. The first kappa shape index (κ1) is 26.2. The lowest BCUT2D eigenvalue weighted by Gasteiger charge is -2.32. The number of halogens is 3. The van der Waals surface area contributed by atoms with E-state index in [2.05, 4.69) is 27.2 Å². The Morgan fingerprint density at radius 2 is 2.05 bits per heavy atom. The van der Waals surface area contributed by atoms with Gasteiger partial charge >= 0.3 is 0 Å². The zero-order valence-electron chi connectivity index (χ0n) is 20.1. The van der Waals surface area contributed by atoms with Gasteiger partial charge in [-0.05, 0) is 37.2 Å². The van der Waals surface area contributed by atoms with Gasteiger partial charge in [0.25, 0.3) is 5.91 Å². The Hall–Kier alpha value is -3.83. The molecule has 1 saturated heterocycles. The number of carbonyl (C=O) groups is 2. The first-order chi connectivity index (χ1) is 17.7. The SMILES string of the molecule is C=CC(=O)N(C)C(=O)[C@H]1C[C@H](Oc2cc3c(Nc4ccc(F)c(Cl)c4F)ncnc3cc2OC)CCN1. The zero-order chi connectivity index (χ0) is 26.7. The van der Waals surface area contributed by atoms with Gasteiger partial charge < -0.3 is 20.1 Å². The van der Waals surface area contributed by atoms with Crippen LogP contribution >= 0.6 is 11.6 Å². The van der Waals surface area contributed by atoms with Gasteiger partial charge in [-0.1, -0.05) is 18.2 Å². The molecule has 12 heteroatoms. The van der Waals surface area contributed by atoms with E-state index >= 15 is 0 Å². The van der Waals surface area contributed by atoms with E-state index in [1.54, 1.807) is 12.1 Å². The number of imide groups is 1. The summed E-state index contributed by atoms with van der Waals surface area (Å²) >= 11 is 5.70. The Morgan fingerprint density at radius 3 is 2.78 bits per heavy atom. The molecule has 194 valence electrons. The molecule has 2 aromatic carbocycles. The summed E-state index contributed by atoms with van der Waals surface area (Å²) in [7, 11) is 2.88. The Balaban J connectivity index is 1.62. The molecule has 1 aliphatic heterocycles. The number of carbonyl (C=O) groups excluding carboxylic acids is 2. The van der Waals surface area contributed by atoms with E-state index in [9.17, 15) is 18.4 Å². The molecule has 0 spiro atoms. The van der Waals surface area contributed by atoms with Crippen molar-refractivity contribution in [2.24, 2.45) is 0 Å². The smallest absolute Gasteiger partial charge is 0.252 e. The number of likely N-dealkylation sites (N-methyl/N-ethyl adjacent to an activating group) is 1. The van der Waals surface area contributed by atoms with Gasteiger partial charge in [-0.2, -0.15) is 0 Å². The number of aromatic nitrogens is 2. The summed E-state index contributed by atoms with van der Waals surface area (Å²) in [5.74, 6) is -1.72. The topological polar surface area (TPSA) is 106 Å². The second kappa shape index (κ2) is 11.1. The largest absolute Gasteiger partial charge is 0.493 e. The molecule has 0 unspecified atom stereocenters. The average Bonchev–Trinajstić information content (AvgIpc) is 2.92. The molecule has 0 radical (unpaired) electrons. The van der Waals surface area contributed by atoms with Gasteiger partial charge in [-0.3, -0.25) is 14.5 Å². The summed E-state index contributed by atoms with van der Waals surface area (Å²) in [5, 5.41) is 5.79. The molecule has 2 atom stereocenters. The number of methoxy groups -OCH3 is 1. The number of fused-ring (bicyclic) bond motifs is 1. The molecule has 37 heavy (non-hydrogen) atoms. The fraction of sp³-hybridized carbons (Fsp3) is 0.280. The van der Waals surface area contributed by atoms with Crippen molar-refractivity contribution in [3.8, 4) is 11.5 Å². The molecule has 1 aromatic heterocycles.